The van der Waals surface area contributed by atoms with E-state index in [-0.39, 0.29) is 30.5 Å². The fraction of sp³-hybridized carbons (Fsp3) is 0.393. The SMILES string of the molecule is CCc1nc(OC)n(Cc2ccc(-c3ccccc3C(=O)O)cc2F)c1CNC(=O)C(CS)CC(C)C. The first-order valence-electron chi connectivity index (χ1n) is 12.3. The lowest BCUT2D eigenvalue weighted by molar-refractivity contribution is -0.125. The number of halogens is 1. The highest BCUT2D eigenvalue weighted by atomic mass is 32.1. The van der Waals surface area contributed by atoms with Crippen LogP contribution in [0.15, 0.2) is 42.5 Å². The van der Waals surface area contributed by atoms with Crippen LogP contribution in [0.4, 0.5) is 4.39 Å². The van der Waals surface area contributed by atoms with Gasteiger partial charge in [0.15, 0.2) is 0 Å². The van der Waals surface area contributed by atoms with Crippen LogP contribution in [0.25, 0.3) is 11.1 Å². The molecular formula is C28H34FN3O4S. The molecule has 0 fully saturated rings. The molecule has 1 atom stereocenters. The van der Waals surface area contributed by atoms with Crippen molar-refractivity contribution < 1.29 is 23.8 Å². The van der Waals surface area contributed by atoms with E-state index >= 15 is 4.39 Å². The first kappa shape index (κ1) is 28.2. The van der Waals surface area contributed by atoms with Gasteiger partial charge in [-0.2, -0.15) is 17.6 Å². The maximum Gasteiger partial charge on any atom is 0.336 e. The van der Waals surface area contributed by atoms with Gasteiger partial charge in [0.1, 0.15) is 5.82 Å². The zero-order valence-corrected chi connectivity index (χ0v) is 22.5. The summed E-state index contributed by atoms with van der Waals surface area (Å²) in [6, 6.07) is 11.5. The van der Waals surface area contributed by atoms with Crippen molar-refractivity contribution in [3.8, 4) is 17.1 Å². The molecule has 0 aliphatic rings. The number of amides is 1. The molecule has 0 radical (unpaired) electrons. The van der Waals surface area contributed by atoms with Crippen molar-refractivity contribution in [3.05, 3.63) is 70.8 Å². The number of ether oxygens (including phenoxy) is 1. The van der Waals surface area contributed by atoms with Crippen molar-refractivity contribution in [1.82, 2.24) is 14.9 Å². The highest BCUT2D eigenvalue weighted by molar-refractivity contribution is 7.80. The van der Waals surface area contributed by atoms with Gasteiger partial charge < -0.3 is 15.2 Å². The Bertz CT molecular complexity index is 1260. The number of imidazole rings is 1. The molecule has 0 saturated carbocycles. The Kier molecular flexibility index (Phi) is 9.74. The van der Waals surface area contributed by atoms with Crippen LogP contribution >= 0.6 is 12.6 Å². The predicted molar refractivity (Wildman–Crippen MR) is 145 cm³/mol. The minimum absolute atomic E-state index is 0.0786. The van der Waals surface area contributed by atoms with Gasteiger partial charge >= 0.3 is 5.97 Å². The third-order valence-corrected chi connectivity index (χ3v) is 6.71. The van der Waals surface area contributed by atoms with Crippen molar-refractivity contribution in [2.75, 3.05) is 12.9 Å². The number of aryl methyl sites for hydroxylation is 1. The number of carboxylic acids is 1. The van der Waals surface area contributed by atoms with E-state index in [1.807, 2.05) is 6.92 Å². The lowest BCUT2D eigenvalue weighted by Crippen LogP contribution is -2.33. The predicted octanol–water partition coefficient (Wildman–Crippen LogP) is 5.22. The van der Waals surface area contributed by atoms with E-state index in [1.54, 1.807) is 34.9 Å². The van der Waals surface area contributed by atoms with Gasteiger partial charge in [0, 0.05) is 17.2 Å². The molecule has 2 aromatic carbocycles. The molecule has 0 spiro atoms. The fourth-order valence-electron chi connectivity index (χ4n) is 4.39. The maximum absolute atomic E-state index is 15.3. The van der Waals surface area contributed by atoms with Crippen LogP contribution in [0.2, 0.25) is 0 Å². The second-order valence-electron chi connectivity index (χ2n) is 9.32. The summed E-state index contributed by atoms with van der Waals surface area (Å²) >= 11 is 4.34. The van der Waals surface area contributed by atoms with Gasteiger partial charge in [-0.05, 0) is 42.0 Å². The van der Waals surface area contributed by atoms with Gasteiger partial charge in [0.05, 0.1) is 37.2 Å². The van der Waals surface area contributed by atoms with Gasteiger partial charge in [-0.1, -0.05) is 51.1 Å². The Labute approximate surface area is 222 Å². The lowest BCUT2D eigenvalue weighted by Gasteiger charge is -2.18. The summed E-state index contributed by atoms with van der Waals surface area (Å²) in [5.74, 6) is -1.01. The number of aromatic nitrogens is 2. The van der Waals surface area contributed by atoms with E-state index in [4.69, 9.17) is 4.74 Å². The molecule has 3 aromatic rings. The van der Waals surface area contributed by atoms with Gasteiger partial charge in [-0.3, -0.25) is 9.36 Å². The number of carbonyl (C=O) groups excluding carboxylic acids is 1. The Hall–Kier alpha value is -3.33. The third-order valence-electron chi connectivity index (χ3n) is 6.27. The Morgan fingerprint density at radius 2 is 1.95 bits per heavy atom. The molecule has 1 aromatic heterocycles. The molecule has 1 heterocycles. The summed E-state index contributed by atoms with van der Waals surface area (Å²) in [5.41, 5.74) is 2.91. The van der Waals surface area contributed by atoms with Crippen molar-refractivity contribution in [1.29, 1.82) is 0 Å². The fourth-order valence-corrected chi connectivity index (χ4v) is 4.71. The zero-order chi connectivity index (χ0) is 27.1. The number of carboxylic acid groups (broad SMARTS) is 1. The molecule has 7 nitrogen and oxygen atoms in total. The first-order chi connectivity index (χ1) is 17.7. The normalized spacial score (nSPS) is 12.0. The number of hydrogen-bond acceptors (Lipinski definition) is 5. The highest BCUT2D eigenvalue weighted by Crippen LogP contribution is 2.28. The number of hydrogen-bond donors (Lipinski definition) is 3. The second kappa shape index (κ2) is 12.8. The van der Waals surface area contributed by atoms with Gasteiger partial charge in [0.2, 0.25) is 5.91 Å². The highest BCUT2D eigenvalue weighted by Gasteiger charge is 2.22. The van der Waals surface area contributed by atoms with Crippen LogP contribution < -0.4 is 10.1 Å². The Balaban J connectivity index is 1.90. The van der Waals surface area contributed by atoms with Gasteiger partial charge in [-0.25, -0.2) is 9.18 Å². The lowest BCUT2D eigenvalue weighted by atomic mass is 9.98. The average molecular weight is 528 g/mol. The summed E-state index contributed by atoms with van der Waals surface area (Å²) in [5, 5.41) is 12.5. The molecule has 37 heavy (non-hydrogen) atoms. The Morgan fingerprint density at radius 3 is 2.54 bits per heavy atom. The quantitative estimate of drug-likeness (QED) is 0.281. The van der Waals surface area contributed by atoms with Crippen LogP contribution in [0.1, 0.15) is 54.5 Å². The van der Waals surface area contributed by atoms with E-state index in [2.05, 4.69) is 36.8 Å². The smallest absolute Gasteiger partial charge is 0.336 e. The molecule has 2 N–H and O–H groups in total. The number of thiol groups is 1. The van der Waals surface area contributed by atoms with Crippen LogP contribution in [0, 0.1) is 17.7 Å². The summed E-state index contributed by atoms with van der Waals surface area (Å²) in [4.78, 5) is 29.0. The van der Waals surface area contributed by atoms with Crippen LogP contribution in [-0.4, -0.2) is 39.4 Å². The molecule has 1 unspecified atom stereocenters. The molecule has 9 heteroatoms. The van der Waals surface area contributed by atoms with Crippen molar-refractivity contribution in [2.45, 2.75) is 46.7 Å². The number of rotatable bonds is 12. The number of carbonyl (C=O) groups is 2. The van der Waals surface area contributed by atoms with Crippen molar-refractivity contribution >= 4 is 24.5 Å². The van der Waals surface area contributed by atoms with E-state index in [1.165, 1.54) is 19.2 Å². The Morgan fingerprint density at radius 1 is 1.22 bits per heavy atom. The monoisotopic (exact) mass is 527 g/mol. The van der Waals surface area contributed by atoms with Crippen LogP contribution in [-0.2, 0) is 24.3 Å². The molecular weight excluding hydrogens is 493 g/mol. The van der Waals surface area contributed by atoms with Crippen molar-refractivity contribution in [2.24, 2.45) is 11.8 Å². The molecule has 0 aliphatic carbocycles. The minimum atomic E-state index is -1.07. The van der Waals surface area contributed by atoms with Crippen LogP contribution in [0.3, 0.4) is 0 Å². The molecule has 198 valence electrons. The molecule has 0 bridgehead atoms. The molecule has 1 amide bonds. The van der Waals surface area contributed by atoms with Crippen molar-refractivity contribution in [3.63, 3.8) is 0 Å². The number of benzene rings is 2. The molecule has 0 aliphatic heterocycles. The topological polar surface area (TPSA) is 93.5 Å². The molecule has 3 rings (SSSR count). The standard InChI is InChI=1S/C28H34FN3O4S/c1-5-24-25(14-30-26(33)20(16-37)12-17(2)3)32(28(31-24)36-4)15-19-11-10-18(13-23(19)29)21-8-6-7-9-22(21)27(34)35/h6-11,13,17,20,37H,5,12,14-16H2,1-4H3,(H,30,33)(H,34,35). The summed E-state index contributed by atoms with van der Waals surface area (Å²) in [7, 11) is 1.50. The largest absolute Gasteiger partial charge is 0.478 e. The van der Waals surface area contributed by atoms with E-state index in [0.717, 1.165) is 17.8 Å². The van der Waals surface area contributed by atoms with E-state index in [0.29, 0.717) is 40.8 Å². The minimum Gasteiger partial charge on any atom is -0.478 e. The summed E-state index contributed by atoms with van der Waals surface area (Å²) < 4.78 is 22.5. The average Bonchev–Trinajstić information content (AvgIpc) is 3.22. The summed E-state index contributed by atoms with van der Waals surface area (Å²) in [6.07, 6.45) is 1.35. The number of aromatic carboxylic acids is 1. The third kappa shape index (κ3) is 6.71. The van der Waals surface area contributed by atoms with Gasteiger partial charge in [0.25, 0.3) is 6.01 Å². The number of nitrogens with one attached hydrogen (secondary N) is 1. The van der Waals surface area contributed by atoms with Gasteiger partial charge in [-0.15, -0.1) is 0 Å². The summed E-state index contributed by atoms with van der Waals surface area (Å²) in [6.45, 7) is 6.46. The maximum atomic E-state index is 15.3. The van der Waals surface area contributed by atoms with E-state index < -0.39 is 11.8 Å². The van der Waals surface area contributed by atoms with E-state index in [9.17, 15) is 14.7 Å². The molecule has 0 saturated heterocycles. The second-order valence-corrected chi connectivity index (χ2v) is 9.68. The zero-order valence-electron chi connectivity index (χ0n) is 21.6. The number of methoxy groups -OCH3 is 1. The first-order valence-corrected chi connectivity index (χ1v) is 12.9. The van der Waals surface area contributed by atoms with Crippen LogP contribution in [0.5, 0.6) is 6.01 Å². The number of nitrogens with zero attached hydrogens (tertiary/aromatic N) is 2.